The van der Waals surface area contributed by atoms with Crippen molar-refractivity contribution in [1.82, 2.24) is 14.9 Å². The van der Waals surface area contributed by atoms with Crippen molar-refractivity contribution in [3.63, 3.8) is 0 Å². The molecule has 2 saturated heterocycles. The molecule has 0 bridgehead atoms. The van der Waals surface area contributed by atoms with Gasteiger partial charge in [-0.25, -0.2) is 9.97 Å². The number of anilines is 1. The number of hydrogen-bond acceptors (Lipinski definition) is 5. The quantitative estimate of drug-likeness (QED) is 0.837. The van der Waals surface area contributed by atoms with Crippen LogP contribution in [0.2, 0.25) is 0 Å². The van der Waals surface area contributed by atoms with Gasteiger partial charge in [0.05, 0.1) is 6.61 Å². The molecule has 1 aromatic rings. The Labute approximate surface area is 149 Å². The molecule has 3 aliphatic rings. The van der Waals surface area contributed by atoms with Gasteiger partial charge in [-0.2, -0.15) is 0 Å². The predicted octanol–water partition coefficient (Wildman–Crippen LogP) is 2.11. The maximum absolute atomic E-state index is 13.2. The summed E-state index contributed by atoms with van der Waals surface area (Å²) >= 11 is 0. The van der Waals surface area contributed by atoms with Crippen LogP contribution in [-0.2, 0) is 9.53 Å². The fraction of sp³-hybridized carbons (Fsp3) is 0.737. The van der Waals surface area contributed by atoms with Gasteiger partial charge < -0.3 is 14.5 Å². The molecule has 4 atom stereocenters. The van der Waals surface area contributed by atoms with Crippen LogP contribution < -0.4 is 4.90 Å². The number of likely N-dealkylation sites (N-methyl/N-ethyl adjacent to an activating group) is 1. The van der Waals surface area contributed by atoms with Gasteiger partial charge in [0.1, 0.15) is 6.04 Å². The second-order valence-corrected chi connectivity index (χ2v) is 7.77. The van der Waals surface area contributed by atoms with Gasteiger partial charge in [-0.15, -0.1) is 0 Å². The topological polar surface area (TPSA) is 58.6 Å². The number of amides is 1. The fourth-order valence-corrected chi connectivity index (χ4v) is 4.85. The van der Waals surface area contributed by atoms with Gasteiger partial charge in [0.2, 0.25) is 11.9 Å². The molecule has 1 aliphatic carbocycles. The first kappa shape index (κ1) is 16.8. The average Bonchev–Trinajstić information content (AvgIpc) is 3.29. The minimum atomic E-state index is -0.122. The van der Waals surface area contributed by atoms with Crippen molar-refractivity contribution < 1.29 is 9.53 Å². The molecule has 0 spiro atoms. The highest BCUT2D eigenvalue weighted by Gasteiger charge is 2.47. The molecular formula is C19H28N4O2. The minimum Gasteiger partial charge on any atom is -0.381 e. The zero-order chi connectivity index (χ0) is 17.2. The Morgan fingerprint density at radius 1 is 1.28 bits per heavy atom. The molecule has 3 heterocycles. The van der Waals surface area contributed by atoms with Gasteiger partial charge in [-0.3, -0.25) is 4.79 Å². The lowest BCUT2D eigenvalue weighted by Gasteiger charge is -2.34. The van der Waals surface area contributed by atoms with Crippen LogP contribution >= 0.6 is 0 Å². The maximum Gasteiger partial charge on any atom is 0.245 e. The zero-order valence-electron chi connectivity index (χ0n) is 15.0. The van der Waals surface area contributed by atoms with Crippen molar-refractivity contribution in [2.75, 3.05) is 31.7 Å². The van der Waals surface area contributed by atoms with E-state index < -0.39 is 0 Å². The van der Waals surface area contributed by atoms with Crippen molar-refractivity contribution in [3.8, 4) is 0 Å². The maximum atomic E-state index is 13.2. The first-order valence-electron chi connectivity index (χ1n) is 9.62. The second-order valence-electron chi connectivity index (χ2n) is 7.77. The number of carbonyl (C=O) groups is 1. The molecule has 136 valence electrons. The third kappa shape index (κ3) is 3.36. The van der Waals surface area contributed by atoms with E-state index in [2.05, 4.69) is 14.9 Å². The first-order valence-corrected chi connectivity index (χ1v) is 9.62. The van der Waals surface area contributed by atoms with Crippen LogP contribution in [0.5, 0.6) is 0 Å². The van der Waals surface area contributed by atoms with E-state index in [1.54, 1.807) is 12.4 Å². The lowest BCUT2D eigenvalue weighted by Crippen LogP contribution is -2.49. The molecule has 6 heteroatoms. The van der Waals surface area contributed by atoms with Gasteiger partial charge >= 0.3 is 0 Å². The average molecular weight is 344 g/mol. The molecule has 25 heavy (non-hydrogen) atoms. The molecule has 2 aliphatic heterocycles. The lowest BCUT2D eigenvalue weighted by atomic mass is 9.84. The molecule has 1 amide bonds. The molecule has 0 aromatic carbocycles. The summed E-state index contributed by atoms with van der Waals surface area (Å²) < 4.78 is 5.46. The number of nitrogens with zero attached hydrogens (tertiary/aromatic N) is 4. The summed E-state index contributed by atoms with van der Waals surface area (Å²) in [5.41, 5.74) is 0. The standard InChI is InChI=1S/C19H28N4O2/c1-22(12-14-7-10-25-13-14)18(24)17-11-15-5-2-3-6-16(15)23(17)19-20-8-4-9-21-19/h4,8-9,14-17H,2-3,5-7,10-13H2,1H3/t14-,15+,16-,17-/m0/s1. The van der Waals surface area contributed by atoms with Crippen LogP contribution in [0.4, 0.5) is 5.95 Å². The number of rotatable bonds is 4. The van der Waals surface area contributed by atoms with E-state index in [0.29, 0.717) is 23.8 Å². The Kier molecular flexibility index (Phi) is 4.88. The SMILES string of the molecule is CN(C[C@@H]1CCOC1)C(=O)[C@@H]1C[C@H]2CCCC[C@@H]2N1c1ncccn1. The van der Waals surface area contributed by atoms with Crippen molar-refractivity contribution in [3.05, 3.63) is 18.5 Å². The molecule has 3 fully saturated rings. The van der Waals surface area contributed by atoms with E-state index in [-0.39, 0.29) is 11.9 Å². The van der Waals surface area contributed by atoms with Gasteiger partial charge in [-0.1, -0.05) is 12.8 Å². The molecule has 4 rings (SSSR count). The van der Waals surface area contributed by atoms with Crippen molar-refractivity contribution in [1.29, 1.82) is 0 Å². The van der Waals surface area contributed by atoms with E-state index in [9.17, 15) is 4.79 Å². The monoisotopic (exact) mass is 344 g/mol. The van der Waals surface area contributed by atoms with E-state index in [1.165, 1.54) is 19.3 Å². The molecule has 6 nitrogen and oxygen atoms in total. The minimum absolute atomic E-state index is 0.122. The summed E-state index contributed by atoms with van der Waals surface area (Å²) in [7, 11) is 1.94. The summed E-state index contributed by atoms with van der Waals surface area (Å²) in [5.74, 6) is 2.00. The summed E-state index contributed by atoms with van der Waals surface area (Å²) in [6, 6.07) is 2.12. The normalized spacial score (nSPS) is 31.8. The van der Waals surface area contributed by atoms with Gasteiger partial charge in [0, 0.05) is 44.6 Å². The molecular weight excluding hydrogens is 316 g/mol. The fourth-order valence-electron chi connectivity index (χ4n) is 4.85. The van der Waals surface area contributed by atoms with Gasteiger partial charge in [-0.05, 0) is 37.7 Å². The predicted molar refractivity (Wildman–Crippen MR) is 95.2 cm³/mol. The van der Waals surface area contributed by atoms with Crippen LogP contribution in [0.3, 0.4) is 0 Å². The van der Waals surface area contributed by atoms with Crippen LogP contribution in [0.1, 0.15) is 38.5 Å². The van der Waals surface area contributed by atoms with Gasteiger partial charge in [0.15, 0.2) is 0 Å². The highest BCUT2D eigenvalue weighted by Crippen LogP contribution is 2.41. The molecule has 0 unspecified atom stereocenters. The van der Waals surface area contributed by atoms with Crippen LogP contribution in [0.25, 0.3) is 0 Å². The smallest absolute Gasteiger partial charge is 0.245 e. The summed E-state index contributed by atoms with van der Waals surface area (Å²) in [4.78, 5) is 26.3. The van der Waals surface area contributed by atoms with Crippen LogP contribution in [0.15, 0.2) is 18.5 Å². The van der Waals surface area contributed by atoms with Crippen molar-refractivity contribution >= 4 is 11.9 Å². The number of fused-ring (bicyclic) bond motifs is 1. The Hall–Kier alpha value is -1.69. The largest absolute Gasteiger partial charge is 0.381 e. The second kappa shape index (κ2) is 7.28. The highest BCUT2D eigenvalue weighted by atomic mass is 16.5. The number of hydrogen-bond donors (Lipinski definition) is 0. The van der Waals surface area contributed by atoms with E-state index in [4.69, 9.17) is 4.74 Å². The Morgan fingerprint density at radius 2 is 2.08 bits per heavy atom. The van der Waals surface area contributed by atoms with E-state index in [0.717, 1.165) is 39.0 Å². The van der Waals surface area contributed by atoms with E-state index in [1.807, 2.05) is 18.0 Å². The molecule has 0 N–H and O–H groups in total. The third-order valence-electron chi connectivity index (χ3n) is 6.09. The Morgan fingerprint density at radius 3 is 2.84 bits per heavy atom. The molecule has 1 saturated carbocycles. The number of carbonyl (C=O) groups excluding carboxylic acids is 1. The molecule has 1 aromatic heterocycles. The third-order valence-corrected chi connectivity index (χ3v) is 6.09. The summed E-state index contributed by atoms with van der Waals surface area (Å²) in [5, 5.41) is 0. The Bertz CT molecular complexity index is 590. The van der Waals surface area contributed by atoms with Crippen LogP contribution in [-0.4, -0.2) is 59.7 Å². The van der Waals surface area contributed by atoms with Crippen molar-refractivity contribution in [2.24, 2.45) is 11.8 Å². The summed E-state index contributed by atoms with van der Waals surface area (Å²) in [6.07, 6.45) is 10.4. The van der Waals surface area contributed by atoms with Gasteiger partial charge in [0.25, 0.3) is 0 Å². The van der Waals surface area contributed by atoms with Crippen molar-refractivity contribution in [2.45, 2.75) is 50.6 Å². The first-order chi connectivity index (χ1) is 12.2. The van der Waals surface area contributed by atoms with Crippen LogP contribution in [0, 0.1) is 11.8 Å². The zero-order valence-corrected chi connectivity index (χ0v) is 15.0. The lowest BCUT2D eigenvalue weighted by molar-refractivity contribution is -0.131. The number of ether oxygens (including phenoxy) is 1. The molecule has 0 radical (unpaired) electrons. The van der Waals surface area contributed by atoms with E-state index >= 15 is 0 Å². The highest BCUT2D eigenvalue weighted by molar-refractivity contribution is 5.85. The summed E-state index contributed by atoms with van der Waals surface area (Å²) in [6.45, 7) is 2.39. The Balaban J connectivity index is 1.54. The number of aromatic nitrogens is 2.